The third-order valence-electron chi connectivity index (χ3n) is 3.11. The van der Waals surface area contributed by atoms with Gasteiger partial charge in [0.05, 0.1) is 12.0 Å². The molecule has 1 amide bonds. The number of amides is 1. The maximum absolute atomic E-state index is 12.1. The summed E-state index contributed by atoms with van der Waals surface area (Å²) in [6.45, 7) is 1.07. The first kappa shape index (κ1) is 12.6. The van der Waals surface area contributed by atoms with Crippen LogP contribution in [0.15, 0.2) is 24.3 Å². The predicted octanol–water partition coefficient (Wildman–Crippen LogP) is -0.648. The number of hydrogen-bond acceptors (Lipinski definition) is 4. The predicted molar refractivity (Wildman–Crippen MR) is 65.9 cm³/mol. The van der Waals surface area contributed by atoms with Crippen LogP contribution in [0.3, 0.4) is 0 Å². The fourth-order valence-electron chi connectivity index (χ4n) is 2.03. The summed E-state index contributed by atoms with van der Waals surface area (Å²) in [5, 5.41) is 26.7. The first-order valence-corrected chi connectivity index (χ1v) is 5.77. The van der Waals surface area contributed by atoms with E-state index in [-0.39, 0.29) is 11.8 Å². The Hall–Kier alpha value is -1.84. The van der Waals surface area contributed by atoms with Gasteiger partial charge in [0.15, 0.2) is 0 Å². The molecular weight excluding hydrogens is 231 g/mol. The van der Waals surface area contributed by atoms with Crippen LogP contribution in [0.4, 0.5) is 0 Å². The van der Waals surface area contributed by atoms with Gasteiger partial charge in [-0.15, -0.1) is 0 Å². The van der Waals surface area contributed by atoms with Crippen LogP contribution < -0.4 is 5.46 Å². The minimum atomic E-state index is -1.52. The summed E-state index contributed by atoms with van der Waals surface area (Å²) in [5.74, 6) is -0.195. The number of carbonyl (C=O) groups is 1. The van der Waals surface area contributed by atoms with Gasteiger partial charge >= 0.3 is 7.12 Å². The maximum atomic E-state index is 12.1. The van der Waals surface area contributed by atoms with Crippen molar-refractivity contribution in [1.29, 1.82) is 5.26 Å². The van der Waals surface area contributed by atoms with Crippen molar-refractivity contribution < 1.29 is 14.8 Å². The number of likely N-dealkylation sites (tertiary alicyclic amines) is 1. The molecule has 5 nitrogen and oxygen atoms in total. The van der Waals surface area contributed by atoms with E-state index < -0.39 is 7.12 Å². The number of carbonyl (C=O) groups excluding carboxylic acids is 1. The van der Waals surface area contributed by atoms with Gasteiger partial charge in [-0.1, -0.05) is 12.1 Å². The monoisotopic (exact) mass is 244 g/mol. The fraction of sp³-hybridized carbons (Fsp3) is 0.333. The van der Waals surface area contributed by atoms with Gasteiger partial charge in [0.1, 0.15) is 0 Å². The summed E-state index contributed by atoms with van der Waals surface area (Å²) in [6, 6.07) is 8.32. The third-order valence-corrected chi connectivity index (χ3v) is 3.11. The zero-order chi connectivity index (χ0) is 13.1. The summed E-state index contributed by atoms with van der Waals surface area (Å²) < 4.78 is 0. The molecule has 1 fully saturated rings. The van der Waals surface area contributed by atoms with Crippen molar-refractivity contribution in [2.45, 2.75) is 6.42 Å². The number of nitriles is 1. The highest BCUT2D eigenvalue weighted by molar-refractivity contribution is 6.58. The van der Waals surface area contributed by atoms with E-state index in [1.165, 1.54) is 12.1 Å². The Morgan fingerprint density at radius 3 is 2.56 bits per heavy atom. The zero-order valence-corrected chi connectivity index (χ0v) is 9.78. The lowest BCUT2D eigenvalue weighted by molar-refractivity contribution is 0.0790. The lowest BCUT2D eigenvalue weighted by Gasteiger charge is -2.15. The zero-order valence-electron chi connectivity index (χ0n) is 9.78. The topological polar surface area (TPSA) is 84.6 Å². The summed E-state index contributed by atoms with van der Waals surface area (Å²) in [7, 11) is -1.52. The molecule has 0 saturated carbocycles. The second-order valence-corrected chi connectivity index (χ2v) is 4.36. The van der Waals surface area contributed by atoms with Crippen LogP contribution >= 0.6 is 0 Å². The highest BCUT2D eigenvalue weighted by Crippen LogP contribution is 2.17. The van der Waals surface area contributed by atoms with E-state index in [9.17, 15) is 4.79 Å². The Morgan fingerprint density at radius 2 is 2.06 bits per heavy atom. The van der Waals surface area contributed by atoms with Crippen LogP contribution in [0.2, 0.25) is 0 Å². The Morgan fingerprint density at radius 1 is 1.39 bits per heavy atom. The van der Waals surface area contributed by atoms with Crippen molar-refractivity contribution in [2.24, 2.45) is 5.92 Å². The van der Waals surface area contributed by atoms with Gasteiger partial charge in [-0.25, -0.2) is 0 Å². The van der Waals surface area contributed by atoms with Gasteiger partial charge in [0.2, 0.25) is 0 Å². The quantitative estimate of drug-likeness (QED) is 0.677. The lowest BCUT2D eigenvalue weighted by Crippen LogP contribution is -2.31. The highest BCUT2D eigenvalue weighted by Gasteiger charge is 2.26. The van der Waals surface area contributed by atoms with E-state index in [0.717, 1.165) is 6.42 Å². The Labute approximate surface area is 105 Å². The maximum Gasteiger partial charge on any atom is 0.488 e. The van der Waals surface area contributed by atoms with Crippen molar-refractivity contribution in [3.63, 3.8) is 0 Å². The smallest absolute Gasteiger partial charge is 0.423 e. The van der Waals surface area contributed by atoms with Crippen molar-refractivity contribution in [3.05, 3.63) is 29.8 Å². The van der Waals surface area contributed by atoms with Gasteiger partial charge in [-0.05, 0) is 24.0 Å². The van der Waals surface area contributed by atoms with E-state index in [0.29, 0.717) is 24.1 Å². The molecule has 0 bridgehead atoms. The average molecular weight is 244 g/mol. The van der Waals surface area contributed by atoms with Crippen molar-refractivity contribution in [1.82, 2.24) is 4.90 Å². The molecule has 18 heavy (non-hydrogen) atoms. The molecule has 1 unspecified atom stereocenters. The van der Waals surface area contributed by atoms with E-state index in [1.807, 2.05) is 0 Å². The molecule has 2 rings (SSSR count). The molecule has 1 aromatic rings. The van der Waals surface area contributed by atoms with Crippen LogP contribution in [0, 0.1) is 17.2 Å². The lowest BCUT2D eigenvalue weighted by atomic mass is 9.80. The minimum absolute atomic E-state index is 0.0764. The average Bonchev–Trinajstić information content (AvgIpc) is 2.86. The van der Waals surface area contributed by atoms with Crippen molar-refractivity contribution in [2.75, 3.05) is 13.1 Å². The van der Waals surface area contributed by atoms with Crippen LogP contribution in [0.5, 0.6) is 0 Å². The van der Waals surface area contributed by atoms with Crippen LogP contribution in [-0.2, 0) is 0 Å². The van der Waals surface area contributed by atoms with Crippen LogP contribution in [0.1, 0.15) is 16.8 Å². The second kappa shape index (κ2) is 5.21. The van der Waals surface area contributed by atoms with E-state index in [2.05, 4.69) is 6.07 Å². The Kier molecular flexibility index (Phi) is 3.65. The van der Waals surface area contributed by atoms with Crippen molar-refractivity contribution in [3.8, 4) is 6.07 Å². The molecule has 92 valence electrons. The largest absolute Gasteiger partial charge is 0.488 e. The van der Waals surface area contributed by atoms with E-state index >= 15 is 0 Å². The summed E-state index contributed by atoms with van der Waals surface area (Å²) >= 11 is 0. The van der Waals surface area contributed by atoms with Crippen molar-refractivity contribution >= 4 is 18.5 Å². The van der Waals surface area contributed by atoms with Gasteiger partial charge < -0.3 is 14.9 Å². The molecule has 6 heteroatoms. The molecule has 1 aliphatic rings. The van der Waals surface area contributed by atoms with Gasteiger partial charge in [-0.2, -0.15) is 5.26 Å². The standard InChI is InChI=1S/C12H13BN2O3/c14-7-9-5-6-15(8-9)12(16)10-1-3-11(4-2-10)13(17)18/h1-4,9,17-18H,5-6,8H2. The summed E-state index contributed by atoms with van der Waals surface area (Å²) in [5.41, 5.74) is 0.848. The summed E-state index contributed by atoms with van der Waals surface area (Å²) in [4.78, 5) is 13.7. The molecule has 1 atom stereocenters. The molecule has 1 heterocycles. The normalized spacial score (nSPS) is 18.5. The SMILES string of the molecule is N#CC1CCN(C(=O)c2ccc(B(O)O)cc2)C1. The number of nitrogens with zero attached hydrogens (tertiary/aromatic N) is 2. The number of rotatable bonds is 2. The molecule has 1 saturated heterocycles. The highest BCUT2D eigenvalue weighted by atomic mass is 16.4. The first-order chi connectivity index (χ1) is 8.61. The third kappa shape index (κ3) is 2.53. The molecule has 0 aliphatic carbocycles. The molecule has 0 spiro atoms. The molecule has 1 aromatic carbocycles. The van der Waals surface area contributed by atoms with Crippen LogP contribution in [0.25, 0.3) is 0 Å². The first-order valence-electron chi connectivity index (χ1n) is 5.77. The van der Waals surface area contributed by atoms with E-state index in [1.54, 1.807) is 17.0 Å². The number of hydrogen-bond donors (Lipinski definition) is 2. The molecular formula is C12H13BN2O3. The molecule has 2 N–H and O–H groups in total. The second-order valence-electron chi connectivity index (χ2n) is 4.36. The van der Waals surface area contributed by atoms with Gasteiger partial charge in [0.25, 0.3) is 5.91 Å². The fourth-order valence-corrected chi connectivity index (χ4v) is 2.03. The Bertz CT molecular complexity index is 481. The van der Waals surface area contributed by atoms with E-state index in [4.69, 9.17) is 15.3 Å². The molecule has 0 aromatic heterocycles. The minimum Gasteiger partial charge on any atom is -0.423 e. The molecule has 0 radical (unpaired) electrons. The van der Waals surface area contributed by atoms with Gasteiger partial charge in [0, 0.05) is 18.7 Å². The Balaban J connectivity index is 2.08. The number of benzene rings is 1. The summed E-state index contributed by atoms with van der Waals surface area (Å²) in [6.07, 6.45) is 0.718. The molecule has 1 aliphatic heterocycles. The van der Waals surface area contributed by atoms with Gasteiger partial charge in [-0.3, -0.25) is 4.79 Å². The van der Waals surface area contributed by atoms with Crippen LogP contribution in [-0.4, -0.2) is 41.1 Å².